The Labute approximate surface area is 164 Å². The predicted octanol–water partition coefficient (Wildman–Crippen LogP) is 3.93. The van der Waals surface area contributed by atoms with Crippen LogP contribution in [0.1, 0.15) is 23.3 Å². The third-order valence-corrected chi connectivity index (χ3v) is 5.06. The van der Waals surface area contributed by atoms with Crippen LogP contribution in [0.3, 0.4) is 0 Å². The van der Waals surface area contributed by atoms with E-state index in [4.69, 9.17) is 5.10 Å². The summed E-state index contributed by atoms with van der Waals surface area (Å²) < 4.78 is 2.02. The molecule has 0 aliphatic carbocycles. The Balaban J connectivity index is 1.60. The first-order valence-electron chi connectivity index (χ1n) is 9.42. The molecule has 3 N–H and O–H groups in total. The van der Waals surface area contributed by atoms with Crippen molar-refractivity contribution in [2.45, 2.75) is 12.1 Å². The summed E-state index contributed by atoms with van der Waals surface area (Å²) in [5.41, 5.74) is 15.2. The summed E-state index contributed by atoms with van der Waals surface area (Å²) in [7, 11) is 0. The van der Waals surface area contributed by atoms with Gasteiger partial charge in [0, 0.05) is 5.56 Å². The second kappa shape index (κ2) is 7.40. The van der Waals surface area contributed by atoms with Crippen LogP contribution >= 0.6 is 0 Å². The molecule has 1 aromatic heterocycles. The zero-order chi connectivity index (χ0) is 18.8. The summed E-state index contributed by atoms with van der Waals surface area (Å²) in [5.74, 6) is 0. The Bertz CT molecular complexity index is 987. The largest absolute Gasteiger partial charge is 0.235 e. The lowest BCUT2D eigenvalue weighted by Gasteiger charge is -2.16. The van der Waals surface area contributed by atoms with E-state index in [1.54, 1.807) is 0 Å². The molecule has 2 unspecified atom stereocenters. The lowest BCUT2D eigenvalue weighted by molar-refractivity contribution is 0.534. The Morgan fingerprint density at radius 3 is 2.00 bits per heavy atom. The smallest absolute Gasteiger partial charge is 0.0874 e. The highest BCUT2D eigenvalue weighted by molar-refractivity contribution is 5.63. The van der Waals surface area contributed by atoms with Crippen molar-refractivity contribution in [2.24, 2.45) is 0 Å². The maximum absolute atomic E-state index is 4.99. The molecule has 1 aliphatic heterocycles. The fourth-order valence-corrected chi connectivity index (χ4v) is 3.68. The molecule has 0 amide bonds. The van der Waals surface area contributed by atoms with Crippen LogP contribution in [-0.2, 0) is 0 Å². The van der Waals surface area contributed by atoms with Gasteiger partial charge in [0.25, 0.3) is 0 Å². The minimum atomic E-state index is 0.00910. The van der Waals surface area contributed by atoms with Crippen molar-refractivity contribution in [1.29, 1.82) is 0 Å². The van der Waals surface area contributed by atoms with E-state index in [1.165, 1.54) is 5.56 Å². The lowest BCUT2D eigenvalue weighted by atomic mass is 9.98. The topological polar surface area (TPSA) is 53.9 Å². The van der Waals surface area contributed by atoms with E-state index in [9.17, 15) is 0 Å². The van der Waals surface area contributed by atoms with Crippen molar-refractivity contribution in [2.75, 3.05) is 0 Å². The minimum absolute atomic E-state index is 0.00910. The number of rotatable bonds is 4. The molecular formula is C23H21N5. The number of hydrogen-bond donors (Lipinski definition) is 3. The van der Waals surface area contributed by atoms with Gasteiger partial charge >= 0.3 is 0 Å². The predicted molar refractivity (Wildman–Crippen MR) is 110 cm³/mol. The van der Waals surface area contributed by atoms with Crippen LogP contribution in [0.25, 0.3) is 16.9 Å². The maximum Gasteiger partial charge on any atom is 0.0874 e. The Kier molecular flexibility index (Phi) is 4.47. The number of aromatic nitrogens is 2. The van der Waals surface area contributed by atoms with Crippen LogP contribution in [0.5, 0.6) is 0 Å². The highest BCUT2D eigenvalue weighted by Crippen LogP contribution is 2.33. The van der Waals surface area contributed by atoms with Gasteiger partial charge in [0.05, 0.1) is 29.2 Å². The van der Waals surface area contributed by atoms with E-state index >= 15 is 0 Å². The monoisotopic (exact) mass is 367 g/mol. The van der Waals surface area contributed by atoms with Crippen LogP contribution in [-0.4, -0.2) is 9.78 Å². The van der Waals surface area contributed by atoms with Gasteiger partial charge in [-0.25, -0.2) is 15.5 Å². The summed E-state index contributed by atoms with van der Waals surface area (Å²) in [5, 5.41) is 4.99. The molecular weight excluding hydrogens is 346 g/mol. The van der Waals surface area contributed by atoms with Crippen LogP contribution in [0, 0.1) is 0 Å². The second-order valence-corrected chi connectivity index (χ2v) is 6.85. The fourth-order valence-electron chi connectivity index (χ4n) is 3.68. The molecule has 1 fully saturated rings. The van der Waals surface area contributed by atoms with E-state index in [0.29, 0.717) is 0 Å². The fraction of sp³-hybridized carbons (Fsp3) is 0.0870. The van der Waals surface area contributed by atoms with E-state index < -0.39 is 0 Å². The molecule has 5 heteroatoms. The standard InChI is InChI=1S/C23H21N5/c1-4-10-17(11-5-1)21-16-20(26-28(21)19-14-8-3-9-15-19)23-22(24-27-25-23)18-12-6-2-7-13-18/h1-16,22-25,27H. The van der Waals surface area contributed by atoms with Gasteiger partial charge in [-0.2, -0.15) is 10.6 Å². The van der Waals surface area contributed by atoms with E-state index in [-0.39, 0.29) is 12.1 Å². The highest BCUT2D eigenvalue weighted by Gasteiger charge is 2.32. The summed E-state index contributed by atoms with van der Waals surface area (Å²) in [6.45, 7) is 0. The Morgan fingerprint density at radius 1 is 0.679 bits per heavy atom. The number of nitrogens with zero attached hydrogens (tertiary/aromatic N) is 2. The van der Waals surface area contributed by atoms with Gasteiger partial charge in [0.2, 0.25) is 0 Å². The van der Waals surface area contributed by atoms with Crippen molar-refractivity contribution in [1.82, 2.24) is 26.2 Å². The molecule has 0 bridgehead atoms. The molecule has 5 rings (SSSR count). The number of nitrogens with one attached hydrogen (secondary N) is 3. The molecule has 0 radical (unpaired) electrons. The molecule has 4 aromatic rings. The molecule has 0 saturated carbocycles. The Hall–Kier alpha value is -3.25. The maximum atomic E-state index is 4.99. The molecule has 1 saturated heterocycles. The van der Waals surface area contributed by atoms with E-state index in [1.807, 2.05) is 35.0 Å². The lowest BCUT2D eigenvalue weighted by Crippen LogP contribution is -2.31. The molecule has 2 heterocycles. The zero-order valence-electron chi connectivity index (χ0n) is 15.3. The minimum Gasteiger partial charge on any atom is -0.235 e. The Morgan fingerprint density at radius 2 is 1.29 bits per heavy atom. The average Bonchev–Trinajstić information content (AvgIpc) is 3.43. The second-order valence-electron chi connectivity index (χ2n) is 6.85. The highest BCUT2D eigenvalue weighted by atomic mass is 15.7. The van der Waals surface area contributed by atoms with Crippen LogP contribution in [0.4, 0.5) is 0 Å². The summed E-state index contributed by atoms with van der Waals surface area (Å²) in [6.07, 6.45) is 0. The third-order valence-electron chi connectivity index (χ3n) is 5.06. The SMILES string of the molecule is c1ccc(-c2cc(C3NNNC3c3ccccc3)nn2-c2ccccc2)cc1. The number of para-hydroxylation sites is 1. The first-order valence-corrected chi connectivity index (χ1v) is 9.42. The van der Waals surface area contributed by atoms with Gasteiger partial charge in [-0.3, -0.25) is 0 Å². The van der Waals surface area contributed by atoms with Gasteiger partial charge in [0.1, 0.15) is 0 Å². The number of hydrazine groups is 2. The van der Waals surface area contributed by atoms with Gasteiger partial charge in [-0.15, -0.1) is 0 Å². The van der Waals surface area contributed by atoms with Gasteiger partial charge in [-0.1, -0.05) is 78.9 Å². The summed E-state index contributed by atoms with van der Waals surface area (Å²) >= 11 is 0. The summed E-state index contributed by atoms with van der Waals surface area (Å²) in [4.78, 5) is 0. The van der Waals surface area contributed by atoms with Gasteiger partial charge in [0.15, 0.2) is 0 Å². The molecule has 2 atom stereocenters. The van der Waals surface area contributed by atoms with Crippen molar-refractivity contribution in [3.8, 4) is 16.9 Å². The van der Waals surface area contributed by atoms with E-state index in [2.05, 4.69) is 83.1 Å². The average molecular weight is 367 g/mol. The normalized spacial score (nSPS) is 19.0. The van der Waals surface area contributed by atoms with Gasteiger partial charge in [-0.05, 0) is 23.8 Å². The van der Waals surface area contributed by atoms with Crippen LogP contribution < -0.4 is 16.4 Å². The molecule has 5 nitrogen and oxygen atoms in total. The quantitative estimate of drug-likeness (QED) is 0.511. The number of hydrogen-bond acceptors (Lipinski definition) is 4. The first kappa shape index (κ1) is 16.9. The first-order chi connectivity index (χ1) is 13.9. The molecule has 0 spiro atoms. The van der Waals surface area contributed by atoms with Crippen molar-refractivity contribution in [3.05, 3.63) is 108 Å². The van der Waals surface area contributed by atoms with Crippen molar-refractivity contribution < 1.29 is 0 Å². The van der Waals surface area contributed by atoms with Crippen LogP contribution in [0.15, 0.2) is 97.1 Å². The molecule has 3 aromatic carbocycles. The van der Waals surface area contributed by atoms with Crippen molar-refractivity contribution in [3.63, 3.8) is 0 Å². The molecule has 138 valence electrons. The summed E-state index contributed by atoms with van der Waals surface area (Å²) in [6, 6.07) is 33.3. The van der Waals surface area contributed by atoms with E-state index in [0.717, 1.165) is 22.6 Å². The third kappa shape index (κ3) is 3.12. The molecule has 28 heavy (non-hydrogen) atoms. The number of benzene rings is 3. The van der Waals surface area contributed by atoms with Crippen LogP contribution in [0.2, 0.25) is 0 Å². The zero-order valence-corrected chi connectivity index (χ0v) is 15.3. The van der Waals surface area contributed by atoms with Crippen molar-refractivity contribution >= 4 is 0 Å². The molecule has 1 aliphatic rings. The van der Waals surface area contributed by atoms with Gasteiger partial charge < -0.3 is 0 Å².